The van der Waals surface area contributed by atoms with Crippen molar-refractivity contribution < 1.29 is 14.3 Å². The van der Waals surface area contributed by atoms with Crippen molar-refractivity contribution in [2.45, 2.75) is 33.0 Å². The van der Waals surface area contributed by atoms with Gasteiger partial charge < -0.3 is 15.0 Å². The van der Waals surface area contributed by atoms with E-state index in [1.165, 1.54) is 6.07 Å². The molecule has 1 amide bonds. The minimum atomic E-state index is -0.188. The molecule has 1 saturated heterocycles. The molecule has 6 nitrogen and oxygen atoms in total. The molecule has 0 bridgehead atoms. The van der Waals surface area contributed by atoms with Crippen molar-refractivity contribution in [3.05, 3.63) is 65.2 Å². The van der Waals surface area contributed by atoms with Crippen molar-refractivity contribution >= 4 is 16.9 Å². The molecule has 1 atom stereocenters. The Morgan fingerprint density at radius 2 is 2.07 bits per heavy atom. The van der Waals surface area contributed by atoms with Gasteiger partial charge in [-0.3, -0.25) is 9.69 Å². The van der Waals surface area contributed by atoms with Gasteiger partial charge in [0.05, 0.1) is 11.0 Å². The number of hydrogen-bond donors (Lipinski definition) is 2. The first kappa shape index (κ1) is 20.5. The van der Waals surface area contributed by atoms with E-state index in [4.69, 9.17) is 0 Å². The van der Waals surface area contributed by atoms with Crippen molar-refractivity contribution in [3.63, 3.8) is 0 Å². The Morgan fingerprint density at radius 1 is 1.27 bits per heavy atom. The lowest BCUT2D eigenvalue weighted by molar-refractivity contribution is 0.0326. The average Bonchev–Trinajstić information content (AvgIpc) is 3.17. The number of nitrogens with zero attached hydrogens (tertiary/aromatic N) is 3. The normalized spacial score (nSPS) is 17.8. The number of amides is 1. The van der Waals surface area contributed by atoms with Gasteiger partial charge >= 0.3 is 0 Å². The van der Waals surface area contributed by atoms with Crippen molar-refractivity contribution in [1.29, 1.82) is 0 Å². The number of rotatable bonds is 5. The summed E-state index contributed by atoms with van der Waals surface area (Å²) in [4.78, 5) is 24.8. The maximum absolute atomic E-state index is 14.1. The standard InChI is InChI=1S/C23H27FN4O2/c1-15(2)21-13-27(12-17-5-3-4-6-18(17)24)9-10-28(21)23(30)16-7-8-19-20(11-16)26-22(14-29)25-19/h3-8,11,15,21,29H,9-10,12-14H2,1-2H3,(H,25,26)/t21-/m1/s1. The maximum atomic E-state index is 14.1. The molecule has 7 heteroatoms. The van der Waals surface area contributed by atoms with Crippen LogP contribution in [0.1, 0.15) is 35.6 Å². The Kier molecular flexibility index (Phi) is 5.83. The highest BCUT2D eigenvalue weighted by atomic mass is 19.1. The molecule has 158 valence electrons. The third kappa shape index (κ3) is 4.08. The van der Waals surface area contributed by atoms with E-state index >= 15 is 0 Å². The summed E-state index contributed by atoms with van der Waals surface area (Å²) in [5, 5.41) is 9.27. The van der Waals surface area contributed by atoms with Gasteiger partial charge in [0, 0.05) is 43.3 Å². The van der Waals surface area contributed by atoms with Crippen molar-refractivity contribution in [2.24, 2.45) is 5.92 Å². The Balaban J connectivity index is 1.52. The van der Waals surface area contributed by atoms with Crippen LogP contribution < -0.4 is 0 Å². The quantitative estimate of drug-likeness (QED) is 0.678. The number of aromatic amines is 1. The van der Waals surface area contributed by atoms with Gasteiger partial charge in [-0.15, -0.1) is 0 Å². The fourth-order valence-corrected chi connectivity index (χ4v) is 4.14. The van der Waals surface area contributed by atoms with E-state index in [-0.39, 0.29) is 30.3 Å². The Hall–Kier alpha value is -2.77. The van der Waals surface area contributed by atoms with Gasteiger partial charge in [-0.25, -0.2) is 9.37 Å². The number of fused-ring (bicyclic) bond motifs is 1. The molecule has 1 aliphatic rings. The second kappa shape index (κ2) is 8.53. The summed E-state index contributed by atoms with van der Waals surface area (Å²) in [5.74, 6) is 0.555. The number of halogens is 1. The molecule has 0 spiro atoms. The van der Waals surface area contributed by atoms with Crippen molar-refractivity contribution in [3.8, 4) is 0 Å². The van der Waals surface area contributed by atoms with Gasteiger partial charge in [-0.05, 0) is 30.2 Å². The number of carbonyl (C=O) groups is 1. The molecule has 1 aliphatic heterocycles. The molecular weight excluding hydrogens is 383 g/mol. The summed E-state index contributed by atoms with van der Waals surface area (Å²) in [7, 11) is 0. The summed E-state index contributed by atoms with van der Waals surface area (Å²) >= 11 is 0. The van der Waals surface area contributed by atoms with Crippen LogP contribution in [0.2, 0.25) is 0 Å². The lowest BCUT2D eigenvalue weighted by Gasteiger charge is -2.43. The van der Waals surface area contributed by atoms with Gasteiger partial charge in [-0.2, -0.15) is 0 Å². The number of aliphatic hydroxyl groups excluding tert-OH is 1. The topological polar surface area (TPSA) is 72.5 Å². The van der Waals surface area contributed by atoms with E-state index in [1.54, 1.807) is 24.3 Å². The highest BCUT2D eigenvalue weighted by Crippen LogP contribution is 2.23. The Bertz CT molecular complexity index is 1050. The molecule has 30 heavy (non-hydrogen) atoms. The fraction of sp³-hybridized carbons (Fsp3) is 0.391. The molecule has 1 aromatic heterocycles. The first-order valence-electron chi connectivity index (χ1n) is 10.3. The first-order chi connectivity index (χ1) is 14.5. The smallest absolute Gasteiger partial charge is 0.254 e. The zero-order valence-electron chi connectivity index (χ0n) is 17.3. The number of benzene rings is 2. The third-order valence-corrected chi connectivity index (χ3v) is 5.81. The lowest BCUT2D eigenvalue weighted by Crippen LogP contribution is -2.56. The molecule has 0 radical (unpaired) electrons. The van der Waals surface area contributed by atoms with Gasteiger partial charge in [0.25, 0.3) is 5.91 Å². The van der Waals surface area contributed by atoms with Crippen LogP contribution in [0.3, 0.4) is 0 Å². The van der Waals surface area contributed by atoms with Gasteiger partial charge in [-0.1, -0.05) is 32.0 Å². The molecule has 3 aromatic rings. The number of hydrogen-bond acceptors (Lipinski definition) is 4. The molecule has 2 N–H and O–H groups in total. The van der Waals surface area contributed by atoms with Gasteiger partial charge in [0.2, 0.25) is 0 Å². The minimum Gasteiger partial charge on any atom is -0.388 e. The Morgan fingerprint density at radius 3 is 2.80 bits per heavy atom. The second-order valence-electron chi connectivity index (χ2n) is 8.21. The van der Waals surface area contributed by atoms with E-state index < -0.39 is 0 Å². The maximum Gasteiger partial charge on any atom is 0.254 e. The fourth-order valence-electron chi connectivity index (χ4n) is 4.14. The zero-order valence-corrected chi connectivity index (χ0v) is 17.3. The summed E-state index contributed by atoms with van der Waals surface area (Å²) in [5.41, 5.74) is 2.75. The zero-order chi connectivity index (χ0) is 21.3. The second-order valence-corrected chi connectivity index (χ2v) is 8.21. The predicted octanol–water partition coefficient (Wildman–Crippen LogP) is 3.18. The van der Waals surface area contributed by atoms with E-state index in [9.17, 15) is 14.3 Å². The molecule has 0 unspecified atom stereocenters. The van der Waals surface area contributed by atoms with Crippen LogP contribution in [0.4, 0.5) is 4.39 Å². The summed E-state index contributed by atoms with van der Waals surface area (Å²) in [6, 6.07) is 12.3. The highest BCUT2D eigenvalue weighted by molar-refractivity contribution is 5.97. The van der Waals surface area contributed by atoms with E-state index in [0.29, 0.717) is 43.1 Å². The summed E-state index contributed by atoms with van der Waals surface area (Å²) < 4.78 is 14.1. The molecule has 0 saturated carbocycles. The number of nitrogens with one attached hydrogen (secondary N) is 1. The molecule has 2 aromatic carbocycles. The molecule has 0 aliphatic carbocycles. The van der Waals surface area contributed by atoms with Crippen LogP contribution in [-0.4, -0.2) is 56.5 Å². The van der Waals surface area contributed by atoms with E-state index in [0.717, 1.165) is 11.0 Å². The number of carbonyl (C=O) groups excluding carboxylic acids is 1. The average molecular weight is 410 g/mol. The van der Waals surface area contributed by atoms with Gasteiger partial charge in [0.15, 0.2) is 0 Å². The van der Waals surface area contributed by atoms with Crippen molar-refractivity contribution in [1.82, 2.24) is 19.8 Å². The number of H-pyrrole nitrogens is 1. The van der Waals surface area contributed by atoms with Crippen LogP contribution in [-0.2, 0) is 13.2 Å². The van der Waals surface area contributed by atoms with Gasteiger partial charge in [0.1, 0.15) is 18.2 Å². The van der Waals surface area contributed by atoms with E-state index in [1.807, 2.05) is 17.0 Å². The number of imidazole rings is 1. The highest BCUT2D eigenvalue weighted by Gasteiger charge is 2.33. The van der Waals surface area contributed by atoms with Crippen LogP contribution >= 0.6 is 0 Å². The first-order valence-corrected chi connectivity index (χ1v) is 10.3. The minimum absolute atomic E-state index is 0.0127. The van der Waals surface area contributed by atoms with Crippen LogP contribution in [0, 0.1) is 11.7 Å². The van der Waals surface area contributed by atoms with Crippen LogP contribution in [0.15, 0.2) is 42.5 Å². The monoisotopic (exact) mass is 410 g/mol. The molecular formula is C23H27FN4O2. The summed E-state index contributed by atoms with van der Waals surface area (Å²) in [6.45, 7) is 6.60. The summed E-state index contributed by atoms with van der Waals surface area (Å²) in [6.07, 6.45) is 0. The molecule has 1 fully saturated rings. The predicted molar refractivity (Wildman–Crippen MR) is 113 cm³/mol. The lowest BCUT2D eigenvalue weighted by atomic mass is 9.98. The molecule has 2 heterocycles. The van der Waals surface area contributed by atoms with Crippen LogP contribution in [0.25, 0.3) is 11.0 Å². The van der Waals surface area contributed by atoms with Crippen LogP contribution in [0.5, 0.6) is 0 Å². The SMILES string of the molecule is CC(C)[C@H]1CN(Cc2ccccc2F)CCN1C(=O)c1ccc2nc(CO)[nH]c2c1. The largest absolute Gasteiger partial charge is 0.388 e. The van der Waals surface area contributed by atoms with E-state index in [2.05, 4.69) is 28.7 Å². The third-order valence-electron chi connectivity index (χ3n) is 5.81. The molecule has 4 rings (SSSR count). The number of aliphatic hydroxyl groups is 1. The number of aromatic nitrogens is 2. The number of piperazine rings is 1. The van der Waals surface area contributed by atoms with Crippen molar-refractivity contribution in [2.75, 3.05) is 19.6 Å². The Labute approximate surface area is 175 Å².